The number of hydrogen-bond donors (Lipinski definition) is 1. The van der Waals surface area contributed by atoms with Gasteiger partial charge in [0.2, 0.25) is 0 Å². The van der Waals surface area contributed by atoms with Gasteiger partial charge in [-0.05, 0) is 0 Å². The number of nitrogens with zero attached hydrogens (tertiary/aromatic N) is 2. The van der Waals surface area contributed by atoms with E-state index in [9.17, 15) is 4.79 Å². The zero-order valence-corrected chi connectivity index (χ0v) is 9.48. The molecule has 0 radical (unpaired) electrons. The Bertz CT molecular complexity index is 411. The summed E-state index contributed by atoms with van der Waals surface area (Å²) in [6, 6.07) is 0. The minimum atomic E-state index is -0.118. The molecule has 1 N–H and O–H groups in total. The van der Waals surface area contributed by atoms with Crippen LogP contribution < -0.4 is 5.32 Å². The molecule has 0 unspecified atom stereocenters. The highest BCUT2D eigenvalue weighted by atomic mass is 32.1. The molecule has 2 aromatic heterocycles. The SMILES string of the molecule is O=C(NCCc1nccs1)c1cscn1. The third-order valence-electron chi connectivity index (χ3n) is 1.77. The van der Waals surface area contributed by atoms with Crippen LogP contribution in [-0.2, 0) is 6.42 Å². The second-order valence-corrected chi connectivity index (χ2v) is 4.50. The molecule has 15 heavy (non-hydrogen) atoms. The molecule has 0 spiro atoms. The monoisotopic (exact) mass is 239 g/mol. The van der Waals surface area contributed by atoms with Crippen LogP contribution in [0.5, 0.6) is 0 Å². The lowest BCUT2D eigenvalue weighted by Crippen LogP contribution is -2.25. The van der Waals surface area contributed by atoms with Gasteiger partial charge in [0.1, 0.15) is 5.69 Å². The maximum Gasteiger partial charge on any atom is 0.270 e. The maximum absolute atomic E-state index is 11.5. The second kappa shape index (κ2) is 4.99. The summed E-state index contributed by atoms with van der Waals surface area (Å²) in [5.41, 5.74) is 2.13. The number of carbonyl (C=O) groups excluding carboxylic acids is 1. The van der Waals surface area contributed by atoms with E-state index in [0.29, 0.717) is 12.2 Å². The van der Waals surface area contributed by atoms with E-state index in [1.807, 2.05) is 5.38 Å². The molecule has 2 rings (SSSR count). The summed E-state index contributed by atoms with van der Waals surface area (Å²) in [6.07, 6.45) is 2.54. The number of aromatic nitrogens is 2. The second-order valence-electron chi connectivity index (χ2n) is 2.81. The Hall–Kier alpha value is -1.27. The van der Waals surface area contributed by atoms with Crippen molar-refractivity contribution in [2.45, 2.75) is 6.42 Å². The molecule has 0 fully saturated rings. The molecule has 0 atom stereocenters. The molecule has 6 heteroatoms. The number of thiazole rings is 2. The number of carbonyl (C=O) groups is 1. The molecule has 78 valence electrons. The zero-order valence-electron chi connectivity index (χ0n) is 7.84. The van der Waals surface area contributed by atoms with Crippen molar-refractivity contribution in [3.63, 3.8) is 0 Å². The molecular weight excluding hydrogens is 230 g/mol. The first-order valence-electron chi connectivity index (χ1n) is 4.41. The van der Waals surface area contributed by atoms with Crippen LogP contribution in [0.25, 0.3) is 0 Å². The van der Waals surface area contributed by atoms with Crippen LogP contribution in [0.4, 0.5) is 0 Å². The van der Waals surface area contributed by atoms with Crippen LogP contribution in [0.2, 0.25) is 0 Å². The van der Waals surface area contributed by atoms with Crippen LogP contribution in [0, 0.1) is 0 Å². The fourth-order valence-electron chi connectivity index (χ4n) is 1.07. The van der Waals surface area contributed by atoms with Gasteiger partial charge < -0.3 is 5.32 Å². The van der Waals surface area contributed by atoms with Gasteiger partial charge in [-0.2, -0.15) is 0 Å². The van der Waals surface area contributed by atoms with Crippen molar-refractivity contribution in [1.29, 1.82) is 0 Å². The molecule has 2 aromatic rings. The van der Waals surface area contributed by atoms with E-state index < -0.39 is 0 Å². The number of nitrogens with one attached hydrogen (secondary N) is 1. The Balaban J connectivity index is 1.77. The van der Waals surface area contributed by atoms with Crippen molar-refractivity contribution in [3.05, 3.63) is 33.2 Å². The van der Waals surface area contributed by atoms with Gasteiger partial charge in [-0.1, -0.05) is 0 Å². The summed E-state index contributed by atoms with van der Waals surface area (Å²) in [6.45, 7) is 0.601. The summed E-state index contributed by atoms with van der Waals surface area (Å²) in [7, 11) is 0. The van der Waals surface area contributed by atoms with Crippen LogP contribution in [0.1, 0.15) is 15.5 Å². The molecule has 0 aliphatic rings. The van der Waals surface area contributed by atoms with Crippen molar-refractivity contribution in [1.82, 2.24) is 15.3 Å². The third-order valence-corrected chi connectivity index (χ3v) is 3.20. The smallest absolute Gasteiger partial charge is 0.270 e. The lowest BCUT2D eigenvalue weighted by Gasteiger charge is -2.00. The van der Waals surface area contributed by atoms with Gasteiger partial charge in [0.15, 0.2) is 0 Å². The van der Waals surface area contributed by atoms with E-state index in [2.05, 4.69) is 15.3 Å². The summed E-state index contributed by atoms with van der Waals surface area (Å²) >= 11 is 3.01. The van der Waals surface area contributed by atoms with E-state index in [0.717, 1.165) is 11.4 Å². The van der Waals surface area contributed by atoms with Gasteiger partial charge in [0, 0.05) is 29.9 Å². The van der Waals surface area contributed by atoms with Crippen molar-refractivity contribution >= 4 is 28.6 Å². The molecule has 0 aliphatic heterocycles. The van der Waals surface area contributed by atoms with Crippen molar-refractivity contribution in [2.75, 3.05) is 6.54 Å². The molecule has 0 aromatic carbocycles. The first-order chi connectivity index (χ1) is 7.36. The largest absolute Gasteiger partial charge is 0.350 e. The Morgan fingerprint density at radius 1 is 1.47 bits per heavy atom. The summed E-state index contributed by atoms with van der Waals surface area (Å²) in [5, 5.41) is 7.49. The van der Waals surface area contributed by atoms with Gasteiger partial charge in [0.05, 0.1) is 10.5 Å². The molecule has 0 saturated heterocycles. The zero-order chi connectivity index (χ0) is 10.5. The highest BCUT2D eigenvalue weighted by molar-refractivity contribution is 7.09. The van der Waals surface area contributed by atoms with Crippen molar-refractivity contribution in [3.8, 4) is 0 Å². The van der Waals surface area contributed by atoms with Gasteiger partial charge in [-0.3, -0.25) is 4.79 Å². The molecule has 0 aliphatic carbocycles. The highest BCUT2D eigenvalue weighted by Gasteiger charge is 2.06. The van der Waals surface area contributed by atoms with E-state index in [1.165, 1.54) is 11.3 Å². The first-order valence-corrected chi connectivity index (χ1v) is 6.23. The minimum Gasteiger partial charge on any atom is -0.350 e. The van der Waals surface area contributed by atoms with E-state index in [-0.39, 0.29) is 5.91 Å². The summed E-state index contributed by atoms with van der Waals surface area (Å²) in [4.78, 5) is 19.5. The lowest BCUT2D eigenvalue weighted by atomic mass is 10.4. The van der Waals surface area contributed by atoms with Gasteiger partial charge >= 0.3 is 0 Å². The van der Waals surface area contributed by atoms with E-state index in [4.69, 9.17) is 0 Å². The first kappa shape index (κ1) is 10.3. The summed E-state index contributed by atoms with van der Waals surface area (Å²) < 4.78 is 0. The Morgan fingerprint density at radius 3 is 3.07 bits per heavy atom. The highest BCUT2D eigenvalue weighted by Crippen LogP contribution is 2.04. The number of rotatable bonds is 4. The number of amides is 1. The van der Waals surface area contributed by atoms with Crippen LogP contribution in [0.15, 0.2) is 22.5 Å². The Labute approximate surface area is 95.0 Å². The Kier molecular flexibility index (Phi) is 3.41. The molecule has 0 bridgehead atoms. The van der Waals surface area contributed by atoms with E-state index >= 15 is 0 Å². The average Bonchev–Trinajstić information content (AvgIpc) is 2.90. The topological polar surface area (TPSA) is 54.9 Å². The van der Waals surface area contributed by atoms with E-state index in [1.54, 1.807) is 28.4 Å². The molecule has 1 amide bonds. The molecular formula is C9H9N3OS2. The average molecular weight is 239 g/mol. The standard InChI is InChI=1S/C9H9N3OS2/c13-9(7-5-14-6-12-7)11-2-1-8-10-3-4-15-8/h3-6H,1-2H2,(H,11,13). The molecule has 0 saturated carbocycles. The Morgan fingerprint density at radius 2 is 2.40 bits per heavy atom. The van der Waals surface area contributed by atoms with Crippen LogP contribution >= 0.6 is 22.7 Å². The fraction of sp³-hybridized carbons (Fsp3) is 0.222. The fourth-order valence-corrected chi connectivity index (χ4v) is 2.23. The predicted molar refractivity (Wildman–Crippen MR) is 60.3 cm³/mol. The van der Waals surface area contributed by atoms with Crippen LogP contribution in [-0.4, -0.2) is 22.4 Å². The predicted octanol–water partition coefficient (Wildman–Crippen LogP) is 1.57. The minimum absolute atomic E-state index is 0.118. The van der Waals surface area contributed by atoms with Crippen LogP contribution in [0.3, 0.4) is 0 Å². The number of hydrogen-bond acceptors (Lipinski definition) is 5. The molecule has 2 heterocycles. The van der Waals surface area contributed by atoms with Crippen molar-refractivity contribution in [2.24, 2.45) is 0 Å². The third kappa shape index (κ3) is 2.84. The quantitative estimate of drug-likeness (QED) is 0.881. The lowest BCUT2D eigenvalue weighted by molar-refractivity contribution is 0.0950. The van der Waals surface area contributed by atoms with Gasteiger partial charge in [0.25, 0.3) is 5.91 Å². The van der Waals surface area contributed by atoms with Crippen molar-refractivity contribution < 1.29 is 4.79 Å². The normalized spacial score (nSPS) is 10.1. The van der Waals surface area contributed by atoms with Gasteiger partial charge in [-0.25, -0.2) is 9.97 Å². The maximum atomic E-state index is 11.5. The van der Waals surface area contributed by atoms with Gasteiger partial charge in [-0.15, -0.1) is 22.7 Å². The molecule has 4 nitrogen and oxygen atoms in total. The summed E-state index contributed by atoms with van der Waals surface area (Å²) in [5.74, 6) is -0.118.